The molecule has 0 fully saturated rings. The van der Waals surface area contributed by atoms with Crippen LogP contribution in [0.4, 0.5) is 10.5 Å². The van der Waals surface area contributed by atoms with Crippen molar-refractivity contribution in [1.29, 1.82) is 0 Å². The first-order valence-electron chi connectivity index (χ1n) is 11.9. The van der Waals surface area contributed by atoms with E-state index in [1.807, 2.05) is 25.1 Å². The number of aryl methyl sites for hydroxylation is 2. The van der Waals surface area contributed by atoms with Crippen molar-refractivity contribution >= 4 is 23.4 Å². The molecule has 1 aliphatic rings. The summed E-state index contributed by atoms with van der Waals surface area (Å²) in [5, 5.41) is 14.3. The number of imidazole rings is 1. The lowest BCUT2D eigenvalue weighted by atomic mass is 10.1. The molecule has 2 N–H and O–H groups in total. The van der Waals surface area contributed by atoms with Gasteiger partial charge in [0.2, 0.25) is 0 Å². The van der Waals surface area contributed by atoms with E-state index in [1.165, 1.54) is 25.7 Å². The molecular weight excluding hydrogens is 524 g/mol. The van der Waals surface area contributed by atoms with Crippen LogP contribution in [0.1, 0.15) is 29.7 Å². The number of H-pyrrole nitrogens is 1. The number of aromatic amines is 1. The molecule has 39 heavy (non-hydrogen) atoms. The summed E-state index contributed by atoms with van der Waals surface area (Å²) in [4.78, 5) is 41.8. The smallest absolute Gasteiger partial charge is 0.411 e. The quantitative estimate of drug-likeness (QED) is 0.338. The molecule has 0 aliphatic carbocycles. The van der Waals surface area contributed by atoms with Crippen molar-refractivity contribution in [3.05, 3.63) is 81.6 Å². The molecule has 196 valence electrons. The topological polar surface area (TPSA) is 158 Å². The van der Waals surface area contributed by atoms with Crippen LogP contribution in [0.3, 0.4) is 0 Å². The zero-order valence-electron chi connectivity index (χ0n) is 20.8. The molecule has 1 aromatic carbocycles. The Hall–Kier alpha value is -4.91. The predicted molar refractivity (Wildman–Crippen MR) is 141 cm³/mol. The van der Waals surface area contributed by atoms with Crippen LogP contribution in [0.25, 0.3) is 28.3 Å². The molecule has 5 heterocycles. The van der Waals surface area contributed by atoms with E-state index >= 15 is 0 Å². The first-order chi connectivity index (χ1) is 18.9. The standard InChI is InChI=1S/C25H21ClN10O3/c1-13-3-6-18(35-12-28-33-34-35)15(9-13)17-10-21(37)36-19(7-8-20(36)30-17)24-31-22(23(26)32-24)16-5-4-14(11-27-16)29-25(38)39-2/h3-6,9-12,19H,7-8H2,1-2H3,(H,29,38)(H,31,32)/t19-/m0/s1. The number of hydrogen-bond acceptors (Lipinski definition) is 9. The highest BCUT2D eigenvalue weighted by Crippen LogP contribution is 2.34. The number of methoxy groups -OCH3 is 1. The summed E-state index contributed by atoms with van der Waals surface area (Å²) in [6, 6.07) is 10.3. The molecule has 0 radical (unpaired) electrons. The second-order valence-corrected chi connectivity index (χ2v) is 9.31. The molecule has 1 aliphatic heterocycles. The molecule has 5 aromatic rings. The number of anilines is 1. The predicted octanol–water partition coefficient (Wildman–Crippen LogP) is 3.35. The van der Waals surface area contributed by atoms with Crippen LogP contribution in [0.5, 0.6) is 0 Å². The monoisotopic (exact) mass is 544 g/mol. The van der Waals surface area contributed by atoms with Gasteiger partial charge in [-0.3, -0.25) is 19.7 Å². The summed E-state index contributed by atoms with van der Waals surface area (Å²) < 4.78 is 7.78. The molecule has 13 nitrogen and oxygen atoms in total. The first kappa shape index (κ1) is 24.4. The number of ether oxygens (including phenoxy) is 1. The van der Waals surface area contributed by atoms with Gasteiger partial charge in [0.1, 0.15) is 28.8 Å². The lowest BCUT2D eigenvalue weighted by molar-refractivity contribution is 0.187. The average molecular weight is 545 g/mol. The lowest BCUT2D eigenvalue weighted by Crippen LogP contribution is -2.25. The van der Waals surface area contributed by atoms with Crippen molar-refractivity contribution in [2.75, 3.05) is 12.4 Å². The van der Waals surface area contributed by atoms with E-state index in [0.29, 0.717) is 52.4 Å². The fourth-order valence-electron chi connectivity index (χ4n) is 4.64. The number of aromatic nitrogens is 9. The van der Waals surface area contributed by atoms with Gasteiger partial charge in [-0.2, -0.15) is 4.68 Å². The van der Waals surface area contributed by atoms with Crippen molar-refractivity contribution in [2.24, 2.45) is 0 Å². The van der Waals surface area contributed by atoms with Gasteiger partial charge in [0, 0.05) is 18.1 Å². The summed E-state index contributed by atoms with van der Waals surface area (Å²) >= 11 is 6.49. The highest BCUT2D eigenvalue weighted by atomic mass is 35.5. The average Bonchev–Trinajstić information content (AvgIpc) is 3.69. The van der Waals surface area contributed by atoms with Crippen LogP contribution in [0, 0.1) is 6.92 Å². The Balaban J connectivity index is 1.33. The number of benzene rings is 1. The number of nitrogens with one attached hydrogen (secondary N) is 2. The molecule has 0 saturated heterocycles. The molecule has 6 rings (SSSR count). The number of tetrazole rings is 1. The number of rotatable bonds is 5. The highest BCUT2D eigenvalue weighted by molar-refractivity contribution is 6.31. The van der Waals surface area contributed by atoms with Gasteiger partial charge in [0.05, 0.1) is 42.1 Å². The van der Waals surface area contributed by atoms with E-state index in [4.69, 9.17) is 16.6 Å². The van der Waals surface area contributed by atoms with Crippen molar-refractivity contribution in [2.45, 2.75) is 25.8 Å². The Labute approximate surface area is 225 Å². The van der Waals surface area contributed by atoms with Crippen LogP contribution < -0.4 is 10.9 Å². The molecule has 4 aromatic heterocycles. The van der Waals surface area contributed by atoms with Crippen LogP contribution in [-0.2, 0) is 11.2 Å². The Kier molecular flexibility index (Phi) is 6.11. The largest absolute Gasteiger partial charge is 0.453 e. The first-order valence-corrected chi connectivity index (χ1v) is 12.3. The molecule has 1 amide bonds. The number of carbonyl (C=O) groups is 1. The minimum absolute atomic E-state index is 0.202. The van der Waals surface area contributed by atoms with Gasteiger partial charge in [-0.15, -0.1) is 5.10 Å². The Morgan fingerprint density at radius 3 is 2.79 bits per heavy atom. The summed E-state index contributed by atoms with van der Waals surface area (Å²) in [5.74, 6) is 1.19. The number of nitrogens with zero attached hydrogens (tertiary/aromatic N) is 8. The van der Waals surface area contributed by atoms with Crippen molar-refractivity contribution in [3.8, 4) is 28.3 Å². The Bertz CT molecular complexity index is 1750. The Morgan fingerprint density at radius 2 is 2.05 bits per heavy atom. The number of hydrogen-bond donors (Lipinski definition) is 2. The zero-order chi connectivity index (χ0) is 27.1. The van der Waals surface area contributed by atoms with E-state index in [-0.39, 0.29) is 11.6 Å². The van der Waals surface area contributed by atoms with E-state index in [2.05, 4.69) is 40.5 Å². The molecule has 0 unspecified atom stereocenters. The summed E-state index contributed by atoms with van der Waals surface area (Å²) in [7, 11) is 1.28. The highest BCUT2D eigenvalue weighted by Gasteiger charge is 2.30. The second kappa shape index (κ2) is 9.76. The lowest BCUT2D eigenvalue weighted by Gasteiger charge is -2.14. The van der Waals surface area contributed by atoms with E-state index in [9.17, 15) is 9.59 Å². The number of pyridine rings is 1. The van der Waals surface area contributed by atoms with Gasteiger partial charge in [0.25, 0.3) is 5.56 Å². The number of fused-ring (bicyclic) bond motifs is 1. The number of halogens is 1. The van der Waals surface area contributed by atoms with Crippen LogP contribution >= 0.6 is 11.6 Å². The summed E-state index contributed by atoms with van der Waals surface area (Å²) in [6.07, 6.45) is 3.59. The minimum atomic E-state index is -0.597. The Morgan fingerprint density at radius 1 is 1.18 bits per heavy atom. The maximum Gasteiger partial charge on any atom is 0.411 e. The van der Waals surface area contributed by atoms with Crippen molar-refractivity contribution < 1.29 is 9.53 Å². The SMILES string of the molecule is COC(=O)Nc1ccc(-c2nc([C@@H]3CCc4nc(-c5cc(C)ccc5-n5cnnn5)cc(=O)n43)[nH]c2Cl)nc1. The fraction of sp³-hybridized carbons (Fsp3) is 0.200. The maximum atomic E-state index is 13.4. The number of amides is 1. The minimum Gasteiger partial charge on any atom is -0.453 e. The molecule has 14 heteroatoms. The third-order valence-electron chi connectivity index (χ3n) is 6.43. The van der Waals surface area contributed by atoms with Crippen LogP contribution in [-0.4, -0.2) is 57.9 Å². The van der Waals surface area contributed by atoms with Gasteiger partial charge in [0.15, 0.2) is 0 Å². The third-order valence-corrected chi connectivity index (χ3v) is 6.71. The van der Waals surface area contributed by atoms with Crippen LogP contribution in [0.2, 0.25) is 5.15 Å². The fourth-order valence-corrected chi connectivity index (χ4v) is 4.88. The van der Waals surface area contributed by atoms with E-state index in [0.717, 1.165) is 16.8 Å². The van der Waals surface area contributed by atoms with Gasteiger partial charge in [-0.25, -0.2) is 14.8 Å². The molecule has 1 atom stereocenters. The van der Waals surface area contributed by atoms with Crippen molar-refractivity contribution in [3.63, 3.8) is 0 Å². The van der Waals surface area contributed by atoms with Gasteiger partial charge in [-0.05, 0) is 48.0 Å². The number of carbonyl (C=O) groups excluding carboxylic acids is 1. The summed E-state index contributed by atoms with van der Waals surface area (Å²) in [6.45, 7) is 1.97. The summed E-state index contributed by atoms with van der Waals surface area (Å²) in [5.41, 5.74) is 4.25. The van der Waals surface area contributed by atoms with Gasteiger partial charge < -0.3 is 9.72 Å². The molecule has 0 spiro atoms. The van der Waals surface area contributed by atoms with E-state index in [1.54, 1.807) is 21.4 Å². The van der Waals surface area contributed by atoms with E-state index < -0.39 is 6.09 Å². The van der Waals surface area contributed by atoms with Gasteiger partial charge in [-0.1, -0.05) is 23.2 Å². The van der Waals surface area contributed by atoms with Crippen molar-refractivity contribution in [1.82, 2.24) is 44.7 Å². The van der Waals surface area contributed by atoms with Crippen LogP contribution in [0.15, 0.2) is 53.7 Å². The molecule has 0 saturated carbocycles. The molecular formula is C25H21ClN10O3. The third kappa shape index (κ3) is 4.52. The second-order valence-electron chi connectivity index (χ2n) is 8.93. The zero-order valence-corrected chi connectivity index (χ0v) is 21.5. The normalized spacial score (nSPS) is 14.3. The molecule has 0 bridgehead atoms. The van der Waals surface area contributed by atoms with Gasteiger partial charge >= 0.3 is 6.09 Å². The maximum absolute atomic E-state index is 13.4.